The number of hydrogen-bond donors (Lipinski definition) is 2. The highest BCUT2D eigenvalue weighted by Crippen LogP contribution is 2.29. The number of halogens is 1. The predicted molar refractivity (Wildman–Crippen MR) is 125 cm³/mol. The number of carbonyl (C=O) groups is 2. The Hall–Kier alpha value is -3.03. The lowest BCUT2D eigenvalue weighted by molar-refractivity contribution is -0.136. The number of nitrogens with one attached hydrogen (secondary N) is 2. The molecule has 2 aromatic rings. The second-order valence-corrected chi connectivity index (χ2v) is 8.51. The number of amides is 2. The van der Waals surface area contributed by atoms with Crippen LogP contribution in [-0.2, 0) is 9.53 Å². The van der Waals surface area contributed by atoms with Crippen LogP contribution >= 0.6 is 11.6 Å². The van der Waals surface area contributed by atoms with E-state index in [2.05, 4.69) is 51.6 Å². The molecule has 8 heteroatoms. The van der Waals surface area contributed by atoms with Crippen molar-refractivity contribution < 1.29 is 14.3 Å². The summed E-state index contributed by atoms with van der Waals surface area (Å²) in [5.41, 5.74) is 4.15. The van der Waals surface area contributed by atoms with Crippen molar-refractivity contribution in [1.29, 1.82) is 0 Å². The normalized spacial score (nSPS) is 19.4. The third kappa shape index (κ3) is 4.89. The highest BCUT2D eigenvalue weighted by Gasteiger charge is 2.34. The van der Waals surface area contributed by atoms with Gasteiger partial charge in [0.15, 0.2) is 0 Å². The summed E-state index contributed by atoms with van der Waals surface area (Å²) in [6.07, 6.45) is 0. The first kappa shape index (κ1) is 22.2. The molecule has 0 saturated carbocycles. The molecule has 0 aromatic heterocycles. The van der Waals surface area contributed by atoms with E-state index in [4.69, 9.17) is 16.3 Å². The predicted octanol–water partition coefficient (Wildman–Crippen LogP) is 3.25. The summed E-state index contributed by atoms with van der Waals surface area (Å²) in [6.45, 7) is 5.92. The van der Waals surface area contributed by atoms with Gasteiger partial charge >= 0.3 is 12.0 Å². The molecule has 0 unspecified atom stereocenters. The van der Waals surface area contributed by atoms with Crippen LogP contribution < -0.4 is 15.5 Å². The van der Waals surface area contributed by atoms with Crippen molar-refractivity contribution in [2.45, 2.75) is 13.0 Å². The molecule has 0 aliphatic carbocycles. The number of ether oxygens (including phenoxy) is 1. The Morgan fingerprint density at radius 3 is 2.56 bits per heavy atom. The average molecular weight is 455 g/mol. The van der Waals surface area contributed by atoms with Crippen molar-refractivity contribution in [2.24, 2.45) is 0 Å². The number of benzene rings is 2. The van der Waals surface area contributed by atoms with Crippen molar-refractivity contribution in [3.8, 4) is 0 Å². The third-order valence-corrected chi connectivity index (χ3v) is 6.10. The molecule has 2 N–H and O–H groups in total. The van der Waals surface area contributed by atoms with E-state index in [-0.39, 0.29) is 6.03 Å². The van der Waals surface area contributed by atoms with Gasteiger partial charge in [-0.2, -0.15) is 0 Å². The molecule has 2 aromatic carbocycles. The van der Waals surface area contributed by atoms with Crippen LogP contribution in [0.4, 0.5) is 10.5 Å². The van der Waals surface area contributed by atoms with Crippen LogP contribution in [-0.4, -0.2) is 56.7 Å². The van der Waals surface area contributed by atoms with E-state index in [1.807, 2.05) is 6.07 Å². The summed E-state index contributed by atoms with van der Waals surface area (Å²) >= 11 is 6.15. The quantitative estimate of drug-likeness (QED) is 0.678. The number of anilines is 1. The van der Waals surface area contributed by atoms with Gasteiger partial charge in [0.2, 0.25) is 0 Å². The minimum absolute atomic E-state index is 0.351. The zero-order valence-corrected chi connectivity index (χ0v) is 19.0. The maximum Gasteiger partial charge on any atom is 0.338 e. The van der Waals surface area contributed by atoms with Crippen LogP contribution in [0, 0.1) is 6.92 Å². The summed E-state index contributed by atoms with van der Waals surface area (Å²) < 4.78 is 5.06. The van der Waals surface area contributed by atoms with Crippen molar-refractivity contribution in [2.75, 3.05) is 44.7 Å². The lowest BCUT2D eigenvalue weighted by Gasteiger charge is -2.38. The van der Waals surface area contributed by atoms with Crippen LogP contribution in [0.15, 0.2) is 59.8 Å². The van der Waals surface area contributed by atoms with E-state index in [1.165, 1.54) is 18.4 Å². The number of nitrogens with zero attached hydrogens (tertiary/aromatic N) is 2. The lowest BCUT2D eigenvalue weighted by atomic mass is 9.95. The molecule has 2 heterocycles. The molecule has 2 amide bonds. The van der Waals surface area contributed by atoms with Crippen LogP contribution in [0.1, 0.15) is 17.2 Å². The molecule has 1 atom stereocenters. The van der Waals surface area contributed by atoms with Gasteiger partial charge in [0.25, 0.3) is 0 Å². The van der Waals surface area contributed by atoms with E-state index < -0.39 is 12.0 Å². The van der Waals surface area contributed by atoms with Gasteiger partial charge in [-0.15, -0.1) is 0 Å². The van der Waals surface area contributed by atoms with Crippen LogP contribution in [0.5, 0.6) is 0 Å². The Bertz CT molecular complexity index is 1050. The first-order valence-electron chi connectivity index (χ1n) is 10.6. The molecule has 32 heavy (non-hydrogen) atoms. The van der Waals surface area contributed by atoms with Gasteiger partial charge in [0.1, 0.15) is 0 Å². The Labute approximate surface area is 193 Å². The van der Waals surface area contributed by atoms with Gasteiger partial charge in [-0.25, -0.2) is 9.59 Å². The molecule has 0 bridgehead atoms. The Kier molecular flexibility index (Phi) is 6.67. The van der Waals surface area contributed by atoms with Gasteiger partial charge in [0, 0.05) is 49.1 Å². The smallest absolute Gasteiger partial charge is 0.338 e. The molecule has 168 valence electrons. The van der Waals surface area contributed by atoms with Gasteiger partial charge < -0.3 is 20.3 Å². The Morgan fingerprint density at radius 2 is 1.88 bits per heavy atom. The molecule has 7 nitrogen and oxygen atoms in total. The minimum atomic E-state index is -0.626. The van der Waals surface area contributed by atoms with E-state index in [9.17, 15) is 9.59 Å². The van der Waals surface area contributed by atoms with E-state index in [0.717, 1.165) is 31.7 Å². The number of aryl methyl sites for hydroxylation is 1. The lowest BCUT2D eigenvalue weighted by Crippen LogP contribution is -2.51. The molecule has 1 fully saturated rings. The highest BCUT2D eigenvalue weighted by molar-refractivity contribution is 6.30. The molecule has 2 aliphatic heterocycles. The van der Waals surface area contributed by atoms with E-state index in [0.29, 0.717) is 22.8 Å². The van der Waals surface area contributed by atoms with E-state index in [1.54, 1.807) is 18.2 Å². The van der Waals surface area contributed by atoms with Crippen LogP contribution in [0.3, 0.4) is 0 Å². The SMILES string of the molecule is COC(=O)C1=C(CN2CCN(c3cccc(C)c3)CC2)NC(=O)N[C@H]1c1cccc(Cl)c1. The van der Waals surface area contributed by atoms with Gasteiger partial charge in [-0.1, -0.05) is 35.9 Å². The molecular formula is C24H27ClN4O3. The first-order valence-corrected chi connectivity index (χ1v) is 11.0. The van der Waals surface area contributed by atoms with Crippen molar-refractivity contribution in [3.05, 3.63) is 76.0 Å². The first-order chi connectivity index (χ1) is 15.4. The maximum atomic E-state index is 12.7. The zero-order chi connectivity index (χ0) is 22.7. The fraction of sp³-hybridized carbons (Fsp3) is 0.333. The number of carbonyl (C=O) groups excluding carboxylic acids is 2. The van der Waals surface area contributed by atoms with Gasteiger partial charge in [0.05, 0.1) is 18.7 Å². The molecule has 1 saturated heterocycles. The second kappa shape index (κ2) is 9.63. The van der Waals surface area contributed by atoms with Crippen molar-refractivity contribution in [1.82, 2.24) is 15.5 Å². The Balaban J connectivity index is 1.55. The second-order valence-electron chi connectivity index (χ2n) is 8.07. The fourth-order valence-corrected chi connectivity index (χ4v) is 4.44. The molecule has 0 spiro atoms. The standard InChI is InChI=1S/C24H27ClN4O3/c1-16-5-3-8-19(13-16)29-11-9-28(10-12-29)15-20-21(23(30)32-2)22(27-24(31)26-20)17-6-4-7-18(25)14-17/h3-8,13-14,22H,9-12,15H2,1-2H3,(H2,26,27,31)/t22-/m0/s1. The summed E-state index contributed by atoms with van der Waals surface area (Å²) in [5, 5.41) is 6.20. The summed E-state index contributed by atoms with van der Waals surface area (Å²) in [5.74, 6) is -0.476. The third-order valence-electron chi connectivity index (χ3n) is 5.86. The van der Waals surface area contributed by atoms with E-state index >= 15 is 0 Å². The van der Waals surface area contributed by atoms with Gasteiger partial charge in [-0.3, -0.25) is 4.90 Å². The topological polar surface area (TPSA) is 73.9 Å². The van der Waals surface area contributed by atoms with Crippen LogP contribution in [0.2, 0.25) is 5.02 Å². The average Bonchev–Trinajstić information content (AvgIpc) is 2.79. The largest absolute Gasteiger partial charge is 0.466 e. The molecule has 4 rings (SSSR count). The maximum absolute atomic E-state index is 12.7. The number of piperazine rings is 1. The number of hydrogen-bond acceptors (Lipinski definition) is 5. The molecular weight excluding hydrogens is 428 g/mol. The van der Waals surface area contributed by atoms with Crippen molar-refractivity contribution in [3.63, 3.8) is 0 Å². The zero-order valence-electron chi connectivity index (χ0n) is 18.2. The molecule has 0 radical (unpaired) electrons. The summed E-state index contributed by atoms with van der Waals surface area (Å²) in [7, 11) is 1.35. The highest BCUT2D eigenvalue weighted by atomic mass is 35.5. The fourth-order valence-electron chi connectivity index (χ4n) is 4.24. The summed E-state index contributed by atoms with van der Waals surface area (Å²) in [4.78, 5) is 29.8. The number of esters is 1. The number of rotatable bonds is 5. The van der Waals surface area contributed by atoms with Crippen molar-refractivity contribution >= 4 is 29.3 Å². The monoisotopic (exact) mass is 454 g/mol. The minimum Gasteiger partial charge on any atom is -0.466 e. The number of methoxy groups -OCH3 is 1. The summed E-state index contributed by atoms with van der Waals surface area (Å²) in [6, 6.07) is 14.6. The number of urea groups is 1. The van der Waals surface area contributed by atoms with Crippen LogP contribution in [0.25, 0.3) is 0 Å². The van der Waals surface area contributed by atoms with Gasteiger partial charge in [-0.05, 0) is 42.3 Å². The Morgan fingerprint density at radius 1 is 1.12 bits per heavy atom. The molecule has 2 aliphatic rings.